The lowest BCUT2D eigenvalue weighted by Crippen LogP contribution is -2.33. The number of hydrogen-bond acceptors (Lipinski definition) is 5. The molecule has 0 bridgehead atoms. The zero-order chi connectivity index (χ0) is 20.9. The van der Waals surface area contributed by atoms with Gasteiger partial charge in [0.25, 0.3) is 0 Å². The van der Waals surface area contributed by atoms with Gasteiger partial charge < -0.3 is 14.4 Å². The van der Waals surface area contributed by atoms with Crippen molar-refractivity contribution in [2.45, 2.75) is 18.2 Å². The fraction of sp³-hybridized carbons (Fsp3) is 0.320. The lowest BCUT2D eigenvalue weighted by Gasteiger charge is -2.30. The lowest BCUT2D eigenvalue weighted by molar-refractivity contribution is -0.144. The number of methoxy groups -OCH3 is 1. The van der Waals surface area contributed by atoms with Crippen molar-refractivity contribution in [1.29, 1.82) is 0 Å². The van der Waals surface area contributed by atoms with Crippen molar-refractivity contribution in [3.05, 3.63) is 66.2 Å². The Balaban J connectivity index is 1.37. The summed E-state index contributed by atoms with van der Waals surface area (Å²) in [7, 11) is 1.43. The van der Waals surface area contributed by atoms with Crippen LogP contribution in [0, 0.1) is 5.92 Å². The van der Waals surface area contributed by atoms with Crippen LogP contribution in [-0.4, -0.2) is 38.5 Å². The number of thioether (sulfide) groups is 1. The monoisotopic (exact) mass is 421 g/mol. The van der Waals surface area contributed by atoms with E-state index in [9.17, 15) is 4.79 Å². The van der Waals surface area contributed by atoms with Gasteiger partial charge in [0, 0.05) is 17.2 Å². The number of ether oxygens (including phenoxy) is 2. The largest absolute Gasteiger partial charge is 0.492 e. The summed E-state index contributed by atoms with van der Waals surface area (Å²) in [6.45, 7) is 4.47. The van der Waals surface area contributed by atoms with Gasteiger partial charge in [-0.3, -0.25) is 4.79 Å². The van der Waals surface area contributed by atoms with Crippen LogP contribution < -0.4 is 9.64 Å². The molecule has 0 saturated heterocycles. The molecule has 0 N–H and O–H groups in total. The molecule has 1 atom stereocenters. The molecule has 0 spiro atoms. The minimum absolute atomic E-state index is 0.145. The van der Waals surface area contributed by atoms with Crippen LogP contribution in [0.2, 0.25) is 0 Å². The molecule has 0 aliphatic carbocycles. The van der Waals surface area contributed by atoms with Crippen molar-refractivity contribution in [2.24, 2.45) is 5.92 Å². The molecule has 3 aromatic rings. The predicted octanol–water partition coefficient (Wildman–Crippen LogP) is 5.18. The Kier molecular flexibility index (Phi) is 6.48. The fourth-order valence-electron chi connectivity index (χ4n) is 3.86. The average Bonchev–Trinajstić information content (AvgIpc) is 2.78. The minimum atomic E-state index is -0.172. The molecule has 0 amide bonds. The van der Waals surface area contributed by atoms with Gasteiger partial charge >= 0.3 is 5.97 Å². The summed E-state index contributed by atoms with van der Waals surface area (Å²) in [6, 6.07) is 21.1. The number of para-hydroxylation sites is 1. The van der Waals surface area contributed by atoms with Crippen LogP contribution in [0.25, 0.3) is 10.8 Å². The molecule has 1 unspecified atom stereocenters. The third-order valence-corrected chi connectivity index (χ3v) is 6.52. The number of carbonyl (C=O) groups excluding carboxylic acids is 1. The van der Waals surface area contributed by atoms with E-state index in [0.29, 0.717) is 13.0 Å². The third kappa shape index (κ3) is 4.73. The first-order chi connectivity index (χ1) is 14.6. The summed E-state index contributed by atoms with van der Waals surface area (Å²) in [6.07, 6.45) is 0.677. The smallest absolute Gasteiger partial charge is 0.308 e. The SMILES string of the molecule is COC(=O)C(C)Cc1ccc2cc(OCCN3CCSc4ccccc43)ccc2c1. The molecule has 0 fully saturated rings. The first-order valence-electron chi connectivity index (χ1n) is 10.3. The second-order valence-corrected chi connectivity index (χ2v) is 8.76. The van der Waals surface area contributed by atoms with E-state index < -0.39 is 0 Å². The van der Waals surface area contributed by atoms with Crippen molar-refractivity contribution in [3.63, 3.8) is 0 Å². The first kappa shape index (κ1) is 20.6. The summed E-state index contributed by atoms with van der Waals surface area (Å²) in [5.74, 6) is 1.68. The zero-order valence-corrected chi connectivity index (χ0v) is 18.3. The van der Waals surface area contributed by atoms with E-state index in [-0.39, 0.29) is 11.9 Å². The number of esters is 1. The van der Waals surface area contributed by atoms with E-state index in [1.54, 1.807) is 0 Å². The minimum Gasteiger partial charge on any atom is -0.492 e. The number of carbonyl (C=O) groups is 1. The Labute approximate surface area is 182 Å². The molecule has 30 heavy (non-hydrogen) atoms. The van der Waals surface area contributed by atoms with Crippen molar-refractivity contribution >= 4 is 34.2 Å². The Morgan fingerprint density at radius 2 is 1.90 bits per heavy atom. The normalized spacial score (nSPS) is 14.3. The van der Waals surface area contributed by atoms with Gasteiger partial charge in [0.05, 0.1) is 25.3 Å². The van der Waals surface area contributed by atoms with E-state index in [1.165, 1.54) is 17.7 Å². The molecule has 1 heterocycles. The Bertz CT molecular complexity index is 1040. The van der Waals surface area contributed by atoms with Crippen LogP contribution in [0.3, 0.4) is 0 Å². The maximum Gasteiger partial charge on any atom is 0.308 e. The average molecular weight is 422 g/mol. The number of hydrogen-bond donors (Lipinski definition) is 0. The number of nitrogens with zero attached hydrogens (tertiary/aromatic N) is 1. The Hall–Kier alpha value is -2.66. The van der Waals surface area contributed by atoms with Gasteiger partial charge in [-0.25, -0.2) is 0 Å². The molecule has 3 aromatic carbocycles. The van der Waals surface area contributed by atoms with Crippen LogP contribution in [0.15, 0.2) is 65.6 Å². The van der Waals surface area contributed by atoms with E-state index in [4.69, 9.17) is 9.47 Å². The fourth-order valence-corrected chi connectivity index (χ4v) is 4.91. The molecule has 0 aromatic heterocycles. The number of anilines is 1. The zero-order valence-electron chi connectivity index (χ0n) is 17.5. The van der Waals surface area contributed by atoms with Crippen molar-refractivity contribution < 1.29 is 14.3 Å². The number of rotatable bonds is 7. The Morgan fingerprint density at radius 1 is 1.10 bits per heavy atom. The van der Waals surface area contributed by atoms with Gasteiger partial charge in [-0.05, 0) is 47.0 Å². The van der Waals surface area contributed by atoms with Gasteiger partial charge in [0.1, 0.15) is 12.4 Å². The van der Waals surface area contributed by atoms with Gasteiger partial charge in [-0.15, -0.1) is 11.8 Å². The summed E-state index contributed by atoms with van der Waals surface area (Å²) in [5, 5.41) is 2.29. The highest BCUT2D eigenvalue weighted by atomic mass is 32.2. The van der Waals surface area contributed by atoms with E-state index in [0.717, 1.165) is 40.9 Å². The van der Waals surface area contributed by atoms with Crippen LogP contribution >= 0.6 is 11.8 Å². The molecule has 1 aliphatic rings. The highest BCUT2D eigenvalue weighted by molar-refractivity contribution is 7.99. The second-order valence-electron chi connectivity index (χ2n) is 7.62. The summed E-state index contributed by atoms with van der Waals surface area (Å²) in [4.78, 5) is 15.4. The van der Waals surface area contributed by atoms with E-state index >= 15 is 0 Å². The lowest BCUT2D eigenvalue weighted by atomic mass is 9.98. The molecule has 0 radical (unpaired) electrons. The molecule has 1 aliphatic heterocycles. The quantitative estimate of drug-likeness (QED) is 0.491. The van der Waals surface area contributed by atoms with Gasteiger partial charge in [0.15, 0.2) is 0 Å². The molecule has 4 rings (SSSR count). The Morgan fingerprint density at radius 3 is 2.77 bits per heavy atom. The summed E-state index contributed by atoms with van der Waals surface area (Å²) in [5.41, 5.74) is 2.44. The van der Waals surface area contributed by atoms with Crippen LogP contribution in [0.4, 0.5) is 5.69 Å². The number of benzene rings is 3. The van der Waals surface area contributed by atoms with Crippen molar-refractivity contribution in [1.82, 2.24) is 0 Å². The third-order valence-electron chi connectivity index (χ3n) is 5.48. The predicted molar refractivity (Wildman–Crippen MR) is 124 cm³/mol. The second kappa shape index (κ2) is 9.43. The maximum atomic E-state index is 11.7. The highest BCUT2D eigenvalue weighted by Gasteiger charge is 2.16. The van der Waals surface area contributed by atoms with Gasteiger partial charge in [-0.2, -0.15) is 0 Å². The topological polar surface area (TPSA) is 38.8 Å². The van der Waals surface area contributed by atoms with E-state index in [1.807, 2.05) is 24.8 Å². The molecular formula is C25H27NO3S. The highest BCUT2D eigenvalue weighted by Crippen LogP contribution is 2.34. The van der Waals surface area contributed by atoms with E-state index in [2.05, 4.69) is 59.5 Å². The molecule has 0 saturated carbocycles. The van der Waals surface area contributed by atoms with Crippen LogP contribution in [0.5, 0.6) is 5.75 Å². The van der Waals surface area contributed by atoms with Crippen LogP contribution in [0.1, 0.15) is 12.5 Å². The summed E-state index contributed by atoms with van der Waals surface area (Å²) < 4.78 is 10.9. The molecule has 156 valence electrons. The maximum absolute atomic E-state index is 11.7. The van der Waals surface area contributed by atoms with Crippen molar-refractivity contribution in [2.75, 3.05) is 37.5 Å². The molecule has 4 nitrogen and oxygen atoms in total. The number of fused-ring (bicyclic) bond motifs is 2. The van der Waals surface area contributed by atoms with Gasteiger partial charge in [0.2, 0.25) is 0 Å². The first-order valence-corrected chi connectivity index (χ1v) is 11.3. The molecule has 5 heteroatoms. The molecular weight excluding hydrogens is 394 g/mol. The van der Waals surface area contributed by atoms with Crippen LogP contribution in [-0.2, 0) is 16.0 Å². The van der Waals surface area contributed by atoms with Gasteiger partial charge in [-0.1, -0.05) is 43.3 Å². The summed E-state index contributed by atoms with van der Waals surface area (Å²) >= 11 is 1.92. The standard InChI is InChI=1S/C25H27NO3S/c1-18(25(27)28-2)15-19-7-8-21-17-22(10-9-20(21)16-19)29-13-11-26-12-14-30-24-6-4-3-5-23(24)26/h3-10,16-18H,11-15H2,1-2H3. The van der Waals surface area contributed by atoms with Crippen molar-refractivity contribution in [3.8, 4) is 5.75 Å².